The van der Waals surface area contributed by atoms with Crippen molar-refractivity contribution >= 4 is 17.3 Å². The number of alkyl halides is 1. The average Bonchev–Trinajstić information content (AvgIpc) is 2.46. The number of hydrogen-bond donors (Lipinski definition) is 2. The van der Waals surface area contributed by atoms with Crippen LogP contribution in [0.4, 0.5) is 10.1 Å². The minimum Gasteiger partial charge on any atom is -0.390 e. The van der Waals surface area contributed by atoms with Crippen molar-refractivity contribution in [2.45, 2.75) is 6.10 Å². The third-order valence-corrected chi connectivity index (χ3v) is 3.12. The van der Waals surface area contributed by atoms with Gasteiger partial charge in [0.05, 0.1) is 23.4 Å². The molecule has 0 saturated carbocycles. The van der Waals surface area contributed by atoms with Gasteiger partial charge in [0.1, 0.15) is 5.82 Å². The molecule has 1 unspecified atom stereocenters. The smallest absolute Gasteiger partial charge is 0.255 e. The molecule has 1 aromatic carbocycles. The molecule has 0 saturated heterocycles. The van der Waals surface area contributed by atoms with Crippen molar-refractivity contribution < 1.29 is 9.50 Å². The molecule has 0 spiro atoms. The highest BCUT2D eigenvalue weighted by Crippen LogP contribution is 2.17. The molecule has 4 nitrogen and oxygen atoms in total. The van der Waals surface area contributed by atoms with Crippen molar-refractivity contribution in [2.24, 2.45) is 0 Å². The third-order valence-electron chi connectivity index (χ3n) is 2.76. The molecule has 0 fully saturated rings. The van der Waals surface area contributed by atoms with Gasteiger partial charge in [-0.1, -0.05) is 6.07 Å². The van der Waals surface area contributed by atoms with E-state index >= 15 is 0 Å². The fourth-order valence-electron chi connectivity index (χ4n) is 1.72. The van der Waals surface area contributed by atoms with Crippen LogP contribution < -0.4 is 10.9 Å². The topological polar surface area (TPSA) is 54.3 Å². The summed E-state index contributed by atoms with van der Waals surface area (Å²) in [5.74, 6) is -0.424. The highest BCUT2D eigenvalue weighted by atomic mass is 35.5. The Kier molecular flexibility index (Phi) is 4.76. The Labute approximate surface area is 120 Å². The maximum absolute atomic E-state index is 13.9. The first-order valence-corrected chi connectivity index (χ1v) is 6.61. The van der Waals surface area contributed by atoms with Gasteiger partial charge in [-0.2, -0.15) is 0 Å². The Morgan fingerprint density at radius 3 is 2.80 bits per heavy atom. The van der Waals surface area contributed by atoms with Crippen LogP contribution in [0.3, 0.4) is 0 Å². The highest BCUT2D eigenvalue weighted by Gasteiger charge is 2.07. The van der Waals surface area contributed by atoms with Crippen LogP contribution in [0.1, 0.15) is 0 Å². The fourth-order valence-corrected chi connectivity index (χ4v) is 1.83. The third kappa shape index (κ3) is 3.37. The van der Waals surface area contributed by atoms with E-state index in [1.165, 1.54) is 22.8 Å². The van der Waals surface area contributed by atoms with E-state index in [0.717, 1.165) is 0 Å². The Morgan fingerprint density at radius 1 is 1.35 bits per heavy atom. The molecule has 2 rings (SSSR count). The van der Waals surface area contributed by atoms with Crippen LogP contribution in [-0.2, 0) is 0 Å². The predicted molar refractivity (Wildman–Crippen MR) is 77.2 cm³/mol. The summed E-state index contributed by atoms with van der Waals surface area (Å²) in [4.78, 5) is 11.6. The van der Waals surface area contributed by atoms with Crippen molar-refractivity contribution in [3.05, 3.63) is 58.8 Å². The monoisotopic (exact) mass is 296 g/mol. The van der Waals surface area contributed by atoms with Gasteiger partial charge in [-0.05, 0) is 18.2 Å². The van der Waals surface area contributed by atoms with E-state index in [4.69, 9.17) is 11.6 Å². The van der Waals surface area contributed by atoms with E-state index < -0.39 is 11.9 Å². The Morgan fingerprint density at radius 2 is 2.15 bits per heavy atom. The number of nitrogens with one attached hydrogen (secondary N) is 1. The number of halogens is 2. The summed E-state index contributed by atoms with van der Waals surface area (Å²) in [5.41, 5.74) is 0.462. The molecule has 0 aliphatic heterocycles. The van der Waals surface area contributed by atoms with Gasteiger partial charge in [-0.25, -0.2) is 4.39 Å². The van der Waals surface area contributed by atoms with Gasteiger partial charge >= 0.3 is 0 Å². The second kappa shape index (κ2) is 6.54. The number of aromatic nitrogens is 1. The highest BCUT2D eigenvalue weighted by molar-refractivity contribution is 6.18. The van der Waals surface area contributed by atoms with Gasteiger partial charge in [0.2, 0.25) is 0 Å². The molecule has 0 bridgehead atoms. The lowest BCUT2D eigenvalue weighted by Gasteiger charge is -2.12. The van der Waals surface area contributed by atoms with Crippen LogP contribution in [0.5, 0.6) is 0 Å². The summed E-state index contributed by atoms with van der Waals surface area (Å²) in [5, 5.41) is 12.1. The van der Waals surface area contributed by atoms with Crippen LogP contribution in [0.2, 0.25) is 0 Å². The van der Waals surface area contributed by atoms with E-state index in [2.05, 4.69) is 5.32 Å². The van der Waals surface area contributed by atoms with Gasteiger partial charge in [-0.15, -0.1) is 11.6 Å². The number of pyridine rings is 1. The minimum atomic E-state index is -0.743. The predicted octanol–water partition coefficient (Wildman–Crippen LogP) is 1.99. The molecule has 0 aliphatic carbocycles. The lowest BCUT2D eigenvalue weighted by Crippen LogP contribution is -2.21. The number of aliphatic hydroxyl groups is 1. The molecule has 1 atom stereocenters. The normalized spacial score (nSPS) is 12.2. The van der Waals surface area contributed by atoms with Crippen LogP contribution in [0, 0.1) is 5.82 Å². The van der Waals surface area contributed by atoms with Crippen molar-refractivity contribution in [1.82, 2.24) is 4.57 Å². The molecular formula is C14H14ClFN2O2. The number of hydrogen-bond acceptors (Lipinski definition) is 3. The lowest BCUT2D eigenvalue weighted by molar-refractivity contribution is 0.211. The fraction of sp³-hybridized carbons (Fsp3) is 0.214. The summed E-state index contributed by atoms with van der Waals surface area (Å²) < 4.78 is 15.3. The minimum absolute atomic E-state index is 0.0755. The summed E-state index contributed by atoms with van der Waals surface area (Å²) >= 11 is 5.46. The second-order valence-corrected chi connectivity index (χ2v) is 4.57. The number of benzene rings is 1. The van der Waals surface area contributed by atoms with E-state index in [-0.39, 0.29) is 23.7 Å². The molecule has 106 valence electrons. The molecule has 0 amide bonds. The van der Waals surface area contributed by atoms with E-state index in [1.54, 1.807) is 24.4 Å². The summed E-state index contributed by atoms with van der Waals surface area (Å²) in [6.45, 7) is 0.158. The van der Waals surface area contributed by atoms with Crippen LogP contribution in [0.25, 0.3) is 5.69 Å². The van der Waals surface area contributed by atoms with E-state index in [0.29, 0.717) is 5.69 Å². The van der Waals surface area contributed by atoms with E-state index in [9.17, 15) is 14.3 Å². The molecule has 0 radical (unpaired) electrons. The van der Waals surface area contributed by atoms with E-state index in [1.807, 2.05) is 0 Å². The van der Waals surface area contributed by atoms with Crippen molar-refractivity contribution in [1.29, 1.82) is 0 Å². The van der Waals surface area contributed by atoms with Crippen molar-refractivity contribution in [3.63, 3.8) is 0 Å². The van der Waals surface area contributed by atoms with Gasteiger partial charge in [-0.3, -0.25) is 9.36 Å². The van der Waals surface area contributed by atoms with Gasteiger partial charge in [0.15, 0.2) is 0 Å². The molecule has 0 aliphatic rings. The molecule has 2 aromatic rings. The first-order valence-electron chi connectivity index (χ1n) is 6.07. The largest absolute Gasteiger partial charge is 0.390 e. The molecule has 20 heavy (non-hydrogen) atoms. The first-order chi connectivity index (χ1) is 9.61. The van der Waals surface area contributed by atoms with Crippen LogP contribution >= 0.6 is 11.6 Å². The summed E-state index contributed by atoms with van der Waals surface area (Å²) in [6, 6.07) is 9.13. The Balaban J connectivity index is 2.22. The van der Waals surface area contributed by atoms with Gasteiger partial charge in [0, 0.05) is 24.9 Å². The number of anilines is 1. The quantitative estimate of drug-likeness (QED) is 0.830. The summed E-state index contributed by atoms with van der Waals surface area (Å²) in [7, 11) is 0. The Hall–Kier alpha value is -1.85. The maximum atomic E-state index is 13.9. The zero-order valence-electron chi connectivity index (χ0n) is 10.6. The molecular weight excluding hydrogens is 283 g/mol. The molecule has 1 heterocycles. The maximum Gasteiger partial charge on any atom is 0.255 e. The second-order valence-electron chi connectivity index (χ2n) is 4.26. The van der Waals surface area contributed by atoms with Crippen molar-refractivity contribution in [2.75, 3.05) is 17.7 Å². The zero-order chi connectivity index (χ0) is 14.5. The number of nitrogens with zero attached hydrogens (tertiary/aromatic N) is 1. The SMILES string of the molecule is O=c1ccccn1-c1ccc(NCC(O)CCl)c(F)c1. The van der Waals surface area contributed by atoms with Crippen LogP contribution in [0.15, 0.2) is 47.4 Å². The first kappa shape index (κ1) is 14.6. The molecule has 1 aromatic heterocycles. The summed E-state index contributed by atoms with van der Waals surface area (Å²) in [6.07, 6.45) is 0.828. The zero-order valence-corrected chi connectivity index (χ0v) is 11.3. The molecule has 6 heteroatoms. The van der Waals surface area contributed by atoms with Gasteiger partial charge in [0.25, 0.3) is 5.56 Å². The Bertz CT molecular complexity index is 645. The standard InChI is InChI=1S/C14H14ClFN2O2/c15-8-11(19)9-17-13-5-4-10(7-12(13)16)18-6-2-1-3-14(18)20/h1-7,11,17,19H,8-9H2. The lowest BCUT2D eigenvalue weighted by atomic mass is 10.2. The number of aliphatic hydroxyl groups excluding tert-OH is 1. The molecule has 2 N–H and O–H groups in total. The average molecular weight is 297 g/mol. The van der Waals surface area contributed by atoms with Gasteiger partial charge < -0.3 is 10.4 Å². The van der Waals surface area contributed by atoms with Crippen molar-refractivity contribution in [3.8, 4) is 5.69 Å². The number of rotatable bonds is 5. The van der Waals surface area contributed by atoms with Crippen LogP contribution in [-0.4, -0.2) is 28.2 Å².